The first-order valence-corrected chi connectivity index (χ1v) is 13.6. The molecule has 1 heterocycles. The van der Waals surface area contributed by atoms with Gasteiger partial charge in [0.05, 0.1) is 17.5 Å². The number of benzene rings is 3. The van der Waals surface area contributed by atoms with E-state index in [4.69, 9.17) is 4.74 Å². The average molecular weight is 543 g/mol. The smallest absolute Gasteiger partial charge is 0.326 e. The first-order valence-electron chi connectivity index (χ1n) is 12.7. The molecule has 3 aromatic carbocycles. The third-order valence-corrected chi connectivity index (χ3v) is 7.18. The number of nitrogens with zero attached hydrogens (tertiary/aromatic N) is 1. The molecule has 2 amide bonds. The van der Waals surface area contributed by atoms with Crippen LogP contribution in [0.3, 0.4) is 0 Å². The van der Waals surface area contributed by atoms with E-state index in [1.807, 2.05) is 78.9 Å². The number of thioether (sulfide) groups is 1. The van der Waals surface area contributed by atoms with Crippen LogP contribution < -0.4 is 10.2 Å². The van der Waals surface area contributed by atoms with Gasteiger partial charge in [-0.25, -0.2) is 0 Å². The third-order valence-electron chi connectivity index (χ3n) is 6.18. The predicted molar refractivity (Wildman–Crippen MR) is 154 cm³/mol. The van der Waals surface area contributed by atoms with Crippen LogP contribution in [0.25, 0.3) is 17.2 Å². The fourth-order valence-electron chi connectivity index (χ4n) is 4.37. The molecule has 7 nitrogen and oxygen atoms in total. The zero-order chi connectivity index (χ0) is 27.8. The van der Waals surface area contributed by atoms with Crippen molar-refractivity contribution in [3.63, 3.8) is 0 Å². The van der Waals surface area contributed by atoms with Crippen LogP contribution in [0.15, 0.2) is 84.9 Å². The molecule has 1 aliphatic heterocycles. The number of hydrogen-bond acceptors (Lipinski definition) is 6. The Kier molecular flexibility index (Phi) is 9.33. The predicted octanol–water partition coefficient (Wildman–Crippen LogP) is 4.65. The second-order valence-electron chi connectivity index (χ2n) is 9.00. The van der Waals surface area contributed by atoms with Crippen LogP contribution in [-0.2, 0) is 30.3 Å². The van der Waals surface area contributed by atoms with E-state index in [0.29, 0.717) is 12.1 Å². The molecule has 3 aromatic rings. The van der Waals surface area contributed by atoms with Crippen molar-refractivity contribution in [2.75, 3.05) is 18.1 Å². The van der Waals surface area contributed by atoms with Gasteiger partial charge in [-0.1, -0.05) is 96.7 Å². The Hall–Kier alpha value is -4.17. The summed E-state index contributed by atoms with van der Waals surface area (Å²) in [4.78, 5) is 53.0. The number of nitrogens with one attached hydrogen (secondary N) is 1. The molecule has 0 radical (unpaired) electrons. The van der Waals surface area contributed by atoms with E-state index < -0.39 is 29.1 Å². The molecular weight excluding hydrogens is 512 g/mol. The van der Waals surface area contributed by atoms with Crippen molar-refractivity contribution in [1.82, 2.24) is 5.32 Å². The first kappa shape index (κ1) is 27.9. The van der Waals surface area contributed by atoms with Gasteiger partial charge in [0.15, 0.2) is 5.12 Å². The van der Waals surface area contributed by atoms with Crippen molar-refractivity contribution in [3.8, 4) is 11.1 Å². The molecule has 0 aromatic heterocycles. The molecular formula is C31H30N2O5S. The first-order chi connectivity index (χ1) is 18.9. The second-order valence-corrected chi connectivity index (χ2v) is 10.4. The number of carbonyl (C=O) groups excluding carboxylic acids is 4. The van der Waals surface area contributed by atoms with Crippen LogP contribution in [0.5, 0.6) is 0 Å². The van der Waals surface area contributed by atoms with E-state index >= 15 is 0 Å². The number of fused-ring (bicyclic) bond motifs is 1. The minimum atomic E-state index is -1.04. The molecule has 200 valence electrons. The van der Waals surface area contributed by atoms with Crippen LogP contribution in [0.2, 0.25) is 0 Å². The van der Waals surface area contributed by atoms with Gasteiger partial charge in [0.25, 0.3) is 5.91 Å². The summed E-state index contributed by atoms with van der Waals surface area (Å²) < 4.78 is 5.15. The van der Waals surface area contributed by atoms with E-state index in [9.17, 15) is 19.2 Å². The van der Waals surface area contributed by atoms with Gasteiger partial charge in [0.2, 0.25) is 5.91 Å². The number of esters is 1. The minimum absolute atomic E-state index is 0.180. The number of anilines is 1. The summed E-state index contributed by atoms with van der Waals surface area (Å²) in [6.45, 7) is 2.99. The topological polar surface area (TPSA) is 92.8 Å². The Morgan fingerprint density at radius 3 is 2.33 bits per heavy atom. The maximum atomic E-state index is 13.8. The zero-order valence-corrected chi connectivity index (χ0v) is 22.6. The van der Waals surface area contributed by atoms with Crippen LogP contribution in [0, 0.1) is 0 Å². The SMILES string of the molecule is CCOC(=O)CN1C(=O)C(NC(=O)[C@H](Cc2ccccc2)SC(C)=O)C=Cc2ccc(-c3ccccc3)cc21. The average Bonchev–Trinajstić information content (AvgIpc) is 3.05. The summed E-state index contributed by atoms with van der Waals surface area (Å²) in [5.74, 6) is -1.46. The van der Waals surface area contributed by atoms with Gasteiger partial charge in [-0.15, -0.1) is 0 Å². The van der Waals surface area contributed by atoms with Gasteiger partial charge >= 0.3 is 5.97 Å². The van der Waals surface area contributed by atoms with E-state index in [0.717, 1.165) is 34.0 Å². The Bertz CT molecular complexity index is 1370. The van der Waals surface area contributed by atoms with Crippen molar-refractivity contribution >= 4 is 46.4 Å². The number of amides is 2. The maximum absolute atomic E-state index is 13.8. The zero-order valence-electron chi connectivity index (χ0n) is 21.8. The van der Waals surface area contributed by atoms with Crippen molar-refractivity contribution in [1.29, 1.82) is 0 Å². The van der Waals surface area contributed by atoms with Crippen molar-refractivity contribution in [2.24, 2.45) is 0 Å². The third kappa shape index (κ3) is 7.23. The summed E-state index contributed by atoms with van der Waals surface area (Å²) in [6.07, 6.45) is 3.71. The van der Waals surface area contributed by atoms with E-state index in [1.165, 1.54) is 11.8 Å². The van der Waals surface area contributed by atoms with Crippen LogP contribution in [0.1, 0.15) is 25.0 Å². The molecule has 0 aliphatic carbocycles. The Labute approximate surface area is 232 Å². The number of rotatable bonds is 9. The van der Waals surface area contributed by atoms with Gasteiger partial charge in [-0.3, -0.25) is 24.1 Å². The highest BCUT2D eigenvalue weighted by molar-refractivity contribution is 8.14. The molecule has 1 aliphatic rings. The lowest BCUT2D eigenvalue weighted by Gasteiger charge is -2.26. The number of hydrogen-bond donors (Lipinski definition) is 1. The molecule has 0 fully saturated rings. The Balaban J connectivity index is 1.63. The number of ether oxygens (including phenoxy) is 1. The summed E-state index contributed by atoms with van der Waals surface area (Å²) in [7, 11) is 0. The van der Waals surface area contributed by atoms with Crippen LogP contribution in [-0.4, -0.2) is 47.3 Å². The lowest BCUT2D eigenvalue weighted by Crippen LogP contribution is -2.51. The summed E-state index contributed by atoms with van der Waals surface area (Å²) in [5.41, 5.74) is 4.02. The highest BCUT2D eigenvalue weighted by atomic mass is 32.2. The van der Waals surface area contributed by atoms with Gasteiger partial charge in [0.1, 0.15) is 12.6 Å². The van der Waals surface area contributed by atoms with Crippen molar-refractivity contribution in [2.45, 2.75) is 31.6 Å². The standard InChI is InChI=1S/C31H30N2O5S/c1-3-38-29(35)20-33-27-19-25(23-12-8-5-9-13-23)15-14-24(27)16-17-26(31(33)37)32-30(36)28(39-21(2)34)18-22-10-6-4-7-11-22/h4-17,19,26,28H,3,18,20H2,1-2H3,(H,32,36)/t26?,28-/m0/s1. The minimum Gasteiger partial charge on any atom is -0.465 e. The summed E-state index contributed by atoms with van der Waals surface area (Å²) >= 11 is 0.928. The van der Waals surface area contributed by atoms with E-state index in [2.05, 4.69) is 5.32 Å². The fraction of sp³-hybridized carbons (Fsp3) is 0.226. The molecule has 1 N–H and O–H groups in total. The van der Waals surface area contributed by atoms with Gasteiger partial charge in [-0.05, 0) is 41.7 Å². The molecule has 1 unspecified atom stereocenters. The normalized spacial score (nSPS) is 15.2. The summed E-state index contributed by atoms with van der Waals surface area (Å²) in [6, 6.07) is 23.8. The number of carbonyl (C=O) groups is 4. The fourth-order valence-corrected chi connectivity index (χ4v) is 5.22. The van der Waals surface area contributed by atoms with E-state index in [1.54, 1.807) is 19.1 Å². The van der Waals surface area contributed by atoms with Crippen molar-refractivity contribution in [3.05, 3.63) is 96.1 Å². The lowest BCUT2D eigenvalue weighted by molar-refractivity contribution is -0.142. The molecule has 0 saturated heterocycles. The van der Waals surface area contributed by atoms with Gasteiger partial charge < -0.3 is 10.1 Å². The molecule has 8 heteroatoms. The van der Waals surface area contributed by atoms with Crippen molar-refractivity contribution < 1.29 is 23.9 Å². The summed E-state index contributed by atoms with van der Waals surface area (Å²) in [5, 5.41) is 1.89. The molecule has 0 saturated carbocycles. The second kappa shape index (κ2) is 13.1. The monoisotopic (exact) mass is 542 g/mol. The molecule has 0 bridgehead atoms. The largest absolute Gasteiger partial charge is 0.465 e. The Morgan fingerprint density at radius 2 is 1.67 bits per heavy atom. The lowest BCUT2D eigenvalue weighted by atomic mass is 10.0. The molecule has 0 spiro atoms. The quantitative estimate of drug-likeness (QED) is 0.396. The van der Waals surface area contributed by atoms with Gasteiger partial charge in [-0.2, -0.15) is 0 Å². The Morgan fingerprint density at radius 1 is 0.974 bits per heavy atom. The maximum Gasteiger partial charge on any atom is 0.326 e. The van der Waals surface area contributed by atoms with Gasteiger partial charge in [0, 0.05) is 6.92 Å². The molecule has 4 rings (SSSR count). The molecule has 2 atom stereocenters. The van der Waals surface area contributed by atoms with Crippen LogP contribution in [0.4, 0.5) is 5.69 Å². The van der Waals surface area contributed by atoms with Crippen LogP contribution >= 0.6 is 11.8 Å². The highest BCUT2D eigenvalue weighted by Gasteiger charge is 2.33. The van der Waals surface area contributed by atoms with E-state index in [-0.39, 0.29) is 18.3 Å². The molecule has 39 heavy (non-hydrogen) atoms. The highest BCUT2D eigenvalue weighted by Crippen LogP contribution is 2.32.